The summed E-state index contributed by atoms with van der Waals surface area (Å²) >= 11 is 0. The zero-order valence-corrected chi connectivity index (χ0v) is 10.1. The van der Waals surface area contributed by atoms with Crippen molar-refractivity contribution in [1.82, 2.24) is 10.2 Å². The smallest absolute Gasteiger partial charge is 0.318 e. The van der Waals surface area contributed by atoms with Crippen molar-refractivity contribution < 1.29 is 4.42 Å². The molecule has 1 unspecified atom stereocenters. The molecule has 0 saturated carbocycles. The molecular weight excluding hydrogens is 192 g/mol. The molecule has 0 spiro atoms. The summed E-state index contributed by atoms with van der Waals surface area (Å²) in [5.74, 6) is 0.470. The minimum absolute atomic E-state index is 0.159. The van der Waals surface area contributed by atoms with E-state index in [1.807, 2.05) is 11.9 Å². The molecule has 0 bridgehead atoms. The molecule has 0 radical (unpaired) electrons. The summed E-state index contributed by atoms with van der Waals surface area (Å²) in [6.07, 6.45) is 0. The molecule has 0 aliphatic heterocycles. The zero-order valence-electron chi connectivity index (χ0n) is 10.1. The lowest BCUT2D eigenvalue weighted by Gasteiger charge is -2.33. The van der Waals surface area contributed by atoms with E-state index in [1.165, 1.54) is 0 Å². The van der Waals surface area contributed by atoms with E-state index >= 15 is 0 Å². The first kappa shape index (κ1) is 12.0. The maximum absolute atomic E-state index is 5.41. The number of rotatable bonds is 3. The summed E-state index contributed by atoms with van der Waals surface area (Å²) in [5.41, 5.74) is 5.57. The fourth-order valence-electron chi connectivity index (χ4n) is 1.22. The van der Waals surface area contributed by atoms with Gasteiger partial charge < -0.3 is 15.1 Å². The molecule has 5 heteroatoms. The van der Waals surface area contributed by atoms with Crippen LogP contribution in [0, 0.1) is 5.41 Å². The predicted octanol–water partition coefficient (Wildman–Crippen LogP) is 1.40. The highest BCUT2D eigenvalue weighted by Gasteiger charge is 2.26. The van der Waals surface area contributed by atoms with Crippen LogP contribution >= 0.6 is 0 Å². The number of aromatic nitrogens is 2. The average molecular weight is 212 g/mol. The van der Waals surface area contributed by atoms with Gasteiger partial charge >= 0.3 is 6.01 Å². The van der Waals surface area contributed by atoms with Gasteiger partial charge in [-0.05, 0) is 12.3 Å². The summed E-state index contributed by atoms with van der Waals surface area (Å²) in [6.45, 7) is 8.94. The van der Waals surface area contributed by atoms with Crippen LogP contribution in [0.1, 0.15) is 33.6 Å². The maximum Gasteiger partial charge on any atom is 0.318 e. The Bertz CT molecular complexity index is 315. The molecule has 0 amide bonds. The van der Waals surface area contributed by atoms with Gasteiger partial charge in [0, 0.05) is 13.1 Å². The Balaban J connectivity index is 2.80. The molecule has 0 fully saturated rings. The van der Waals surface area contributed by atoms with Gasteiger partial charge in [-0.25, -0.2) is 0 Å². The van der Waals surface area contributed by atoms with E-state index in [2.05, 4.69) is 37.9 Å². The summed E-state index contributed by atoms with van der Waals surface area (Å²) in [5, 5.41) is 7.79. The molecule has 1 atom stereocenters. The van der Waals surface area contributed by atoms with Gasteiger partial charge in [-0.2, -0.15) is 0 Å². The third-order valence-electron chi connectivity index (χ3n) is 2.77. The minimum atomic E-state index is 0.159. The highest BCUT2D eigenvalue weighted by Crippen LogP contribution is 2.26. The van der Waals surface area contributed by atoms with Gasteiger partial charge in [0.25, 0.3) is 0 Å². The standard InChI is InChI=1S/C10H20N4O/c1-7(10(2,3)4)14(5)9-13-12-8(6-11)15-9/h7H,6,11H2,1-5H3. The fraction of sp³-hybridized carbons (Fsp3) is 0.800. The monoisotopic (exact) mass is 212 g/mol. The van der Waals surface area contributed by atoms with Crippen molar-refractivity contribution in [2.75, 3.05) is 11.9 Å². The molecular formula is C10H20N4O. The van der Waals surface area contributed by atoms with Crippen LogP contribution in [-0.2, 0) is 6.54 Å². The quantitative estimate of drug-likeness (QED) is 0.820. The topological polar surface area (TPSA) is 68.2 Å². The second-order valence-corrected chi connectivity index (χ2v) is 4.84. The lowest BCUT2D eigenvalue weighted by molar-refractivity contribution is 0.316. The summed E-state index contributed by atoms with van der Waals surface area (Å²) in [4.78, 5) is 1.98. The number of nitrogens with zero attached hydrogens (tertiary/aromatic N) is 3. The van der Waals surface area contributed by atoms with Crippen molar-refractivity contribution in [3.8, 4) is 0 Å². The maximum atomic E-state index is 5.41. The van der Waals surface area contributed by atoms with Gasteiger partial charge in [0.15, 0.2) is 0 Å². The van der Waals surface area contributed by atoms with E-state index in [9.17, 15) is 0 Å². The lowest BCUT2D eigenvalue weighted by atomic mass is 9.87. The molecule has 0 aliphatic rings. The molecule has 0 aromatic carbocycles. The predicted molar refractivity (Wildman–Crippen MR) is 59.5 cm³/mol. The lowest BCUT2D eigenvalue weighted by Crippen LogP contribution is -2.39. The third kappa shape index (κ3) is 2.68. The zero-order chi connectivity index (χ0) is 11.6. The second-order valence-electron chi connectivity index (χ2n) is 4.84. The number of hydrogen-bond acceptors (Lipinski definition) is 5. The van der Waals surface area contributed by atoms with E-state index in [0.717, 1.165) is 0 Å². The van der Waals surface area contributed by atoms with Crippen LogP contribution < -0.4 is 10.6 Å². The first-order valence-electron chi connectivity index (χ1n) is 5.11. The molecule has 15 heavy (non-hydrogen) atoms. The number of anilines is 1. The molecule has 1 aromatic heterocycles. The molecule has 86 valence electrons. The van der Waals surface area contributed by atoms with Gasteiger partial charge in [-0.3, -0.25) is 0 Å². The third-order valence-corrected chi connectivity index (χ3v) is 2.77. The first-order valence-corrected chi connectivity index (χ1v) is 5.11. The van der Waals surface area contributed by atoms with Crippen molar-refractivity contribution in [2.24, 2.45) is 11.1 Å². The number of hydrogen-bond donors (Lipinski definition) is 1. The molecule has 0 aliphatic carbocycles. The van der Waals surface area contributed by atoms with E-state index in [-0.39, 0.29) is 12.0 Å². The Hall–Kier alpha value is -1.10. The summed E-state index contributed by atoms with van der Waals surface area (Å²) in [6, 6.07) is 0.835. The van der Waals surface area contributed by atoms with Crippen molar-refractivity contribution in [1.29, 1.82) is 0 Å². The van der Waals surface area contributed by atoms with Crippen molar-refractivity contribution >= 4 is 6.01 Å². The van der Waals surface area contributed by atoms with Gasteiger partial charge in [0.1, 0.15) is 0 Å². The van der Waals surface area contributed by atoms with Crippen LogP contribution in [0.5, 0.6) is 0 Å². The Labute approximate surface area is 90.7 Å². The molecule has 2 N–H and O–H groups in total. The fourth-order valence-corrected chi connectivity index (χ4v) is 1.22. The largest absolute Gasteiger partial charge is 0.407 e. The van der Waals surface area contributed by atoms with Crippen LogP contribution in [0.25, 0.3) is 0 Å². The highest BCUT2D eigenvalue weighted by molar-refractivity contribution is 5.25. The van der Waals surface area contributed by atoms with E-state index in [0.29, 0.717) is 17.9 Å². The molecule has 0 saturated heterocycles. The Morgan fingerprint density at radius 1 is 1.40 bits per heavy atom. The second kappa shape index (κ2) is 4.18. The molecule has 1 rings (SSSR count). The Morgan fingerprint density at radius 3 is 2.40 bits per heavy atom. The molecule has 1 heterocycles. The normalized spacial score (nSPS) is 14.0. The van der Waals surface area contributed by atoms with Crippen LogP contribution in [0.4, 0.5) is 6.01 Å². The minimum Gasteiger partial charge on any atom is -0.407 e. The molecule has 5 nitrogen and oxygen atoms in total. The summed E-state index contributed by atoms with van der Waals surface area (Å²) in [7, 11) is 1.95. The Kier molecular flexibility index (Phi) is 3.34. The number of nitrogens with two attached hydrogens (primary N) is 1. The highest BCUT2D eigenvalue weighted by atomic mass is 16.4. The van der Waals surface area contributed by atoms with Crippen molar-refractivity contribution in [2.45, 2.75) is 40.3 Å². The van der Waals surface area contributed by atoms with E-state index < -0.39 is 0 Å². The average Bonchev–Trinajstić information content (AvgIpc) is 2.62. The van der Waals surface area contributed by atoms with Crippen LogP contribution in [-0.4, -0.2) is 23.3 Å². The first-order chi connectivity index (χ1) is 6.86. The van der Waals surface area contributed by atoms with Crippen LogP contribution in [0.2, 0.25) is 0 Å². The van der Waals surface area contributed by atoms with Gasteiger partial charge in [-0.1, -0.05) is 25.9 Å². The van der Waals surface area contributed by atoms with Crippen LogP contribution in [0.15, 0.2) is 4.42 Å². The van der Waals surface area contributed by atoms with Crippen molar-refractivity contribution in [3.05, 3.63) is 5.89 Å². The van der Waals surface area contributed by atoms with Crippen LogP contribution in [0.3, 0.4) is 0 Å². The van der Waals surface area contributed by atoms with Crippen molar-refractivity contribution in [3.63, 3.8) is 0 Å². The SMILES string of the molecule is CC(N(C)c1nnc(CN)o1)C(C)(C)C. The van der Waals surface area contributed by atoms with Gasteiger partial charge in [0.2, 0.25) is 5.89 Å². The Morgan fingerprint density at radius 2 is 2.00 bits per heavy atom. The van der Waals surface area contributed by atoms with Gasteiger partial charge in [0.05, 0.1) is 6.54 Å². The van der Waals surface area contributed by atoms with E-state index in [1.54, 1.807) is 0 Å². The van der Waals surface area contributed by atoms with E-state index in [4.69, 9.17) is 10.2 Å². The molecule has 1 aromatic rings. The summed E-state index contributed by atoms with van der Waals surface area (Å²) < 4.78 is 5.39. The van der Waals surface area contributed by atoms with Gasteiger partial charge in [-0.15, -0.1) is 5.10 Å².